The van der Waals surface area contributed by atoms with Gasteiger partial charge in [0.25, 0.3) is 5.91 Å². The third-order valence-electron chi connectivity index (χ3n) is 4.27. The number of hydrogen-bond acceptors (Lipinski definition) is 5. The van der Waals surface area contributed by atoms with E-state index in [1.54, 1.807) is 6.20 Å². The maximum Gasteiger partial charge on any atom is 0.263 e. The molecule has 0 fully saturated rings. The van der Waals surface area contributed by atoms with Gasteiger partial charge in [0, 0.05) is 32.5 Å². The van der Waals surface area contributed by atoms with E-state index < -0.39 is 0 Å². The van der Waals surface area contributed by atoms with E-state index in [0.717, 1.165) is 29.2 Å². The molecule has 6 heteroatoms. The van der Waals surface area contributed by atoms with Crippen LogP contribution in [0.2, 0.25) is 0 Å². The molecule has 0 spiro atoms. The number of anilines is 1. The molecule has 1 aromatic carbocycles. The number of amides is 1. The fourth-order valence-electron chi connectivity index (χ4n) is 2.74. The first-order valence-corrected chi connectivity index (χ1v) is 9.79. The van der Waals surface area contributed by atoms with E-state index in [1.807, 2.05) is 39.2 Å². The minimum absolute atomic E-state index is 0.0601. The average molecular weight is 381 g/mol. The van der Waals surface area contributed by atoms with E-state index in [2.05, 4.69) is 44.5 Å². The molecule has 0 aliphatic heterocycles. The first-order chi connectivity index (χ1) is 13.0. The summed E-state index contributed by atoms with van der Waals surface area (Å²) in [6.45, 7) is 2.51. The van der Waals surface area contributed by atoms with Gasteiger partial charge in [0.05, 0.1) is 11.4 Å². The zero-order valence-electron chi connectivity index (χ0n) is 15.9. The van der Waals surface area contributed by atoms with Crippen molar-refractivity contribution in [1.29, 1.82) is 0 Å². The zero-order chi connectivity index (χ0) is 19.2. The number of nitrogens with zero attached hydrogens (tertiary/aromatic N) is 3. The number of carbonyl (C=O) groups excluding carboxylic acids is 1. The van der Waals surface area contributed by atoms with Crippen LogP contribution >= 0.6 is 11.3 Å². The fraction of sp³-hybridized carbons (Fsp3) is 0.286. The summed E-state index contributed by atoms with van der Waals surface area (Å²) in [4.78, 5) is 24.0. The van der Waals surface area contributed by atoms with Crippen molar-refractivity contribution >= 4 is 22.9 Å². The van der Waals surface area contributed by atoms with Gasteiger partial charge in [0.1, 0.15) is 9.88 Å². The SMILES string of the molecule is Cc1nc(-c2ccccn2)sc1C(=O)NCCCc1ccc(N(C)C)cc1. The Balaban J connectivity index is 1.52. The summed E-state index contributed by atoms with van der Waals surface area (Å²) in [6.07, 6.45) is 3.57. The van der Waals surface area contributed by atoms with Crippen LogP contribution in [0.25, 0.3) is 10.7 Å². The molecular weight excluding hydrogens is 356 g/mol. The molecule has 2 aromatic heterocycles. The van der Waals surface area contributed by atoms with Crippen molar-refractivity contribution in [3.63, 3.8) is 0 Å². The van der Waals surface area contributed by atoms with Gasteiger partial charge < -0.3 is 10.2 Å². The molecule has 0 radical (unpaired) electrons. The number of nitrogens with one attached hydrogen (secondary N) is 1. The lowest BCUT2D eigenvalue weighted by atomic mass is 10.1. The highest BCUT2D eigenvalue weighted by atomic mass is 32.1. The Morgan fingerprint density at radius 1 is 1.15 bits per heavy atom. The van der Waals surface area contributed by atoms with Gasteiger partial charge in [-0.15, -0.1) is 11.3 Å². The van der Waals surface area contributed by atoms with Crippen molar-refractivity contribution in [2.45, 2.75) is 19.8 Å². The lowest BCUT2D eigenvalue weighted by molar-refractivity contribution is 0.0956. The van der Waals surface area contributed by atoms with E-state index in [9.17, 15) is 4.79 Å². The van der Waals surface area contributed by atoms with Crippen molar-refractivity contribution in [3.05, 3.63) is 64.8 Å². The number of aryl methyl sites for hydroxylation is 2. The molecule has 3 rings (SSSR count). The zero-order valence-corrected chi connectivity index (χ0v) is 16.7. The number of benzene rings is 1. The Morgan fingerprint density at radius 2 is 1.93 bits per heavy atom. The van der Waals surface area contributed by atoms with Crippen molar-refractivity contribution in [2.75, 3.05) is 25.5 Å². The predicted molar refractivity (Wildman–Crippen MR) is 112 cm³/mol. The van der Waals surface area contributed by atoms with Gasteiger partial charge in [-0.3, -0.25) is 9.78 Å². The van der Waals surface area contributed by atoms with E-state index >= 15 is 0 Å². The monoisotopic (exact) mass is 380 g/mol. The largest absolute Gasteiger partial charge is 0.378 e. The second-order valence-corrected chi connectivity index (χ2v) is 7.57. The lowest BCUT2D eigenvalue weighted by Crippen LogP contribution is -2.24. The molecule has 0 unspecified atom stereocenters. The maximum atomic E-state index is 12.5. The third kappa shape index (κ3) is 4.92. The number of carbonyl (C=O) groups is 1. The fourth-order valence-corrected chi connectivity index (χ4v) is 3.70. The van der Waals surface area contributed by atoms with E-state index in [4.69, 9.17) is 0 Å². The summed E-state index contributed by atoms with van der Waals surface area (Å²) in [7, 11) is 4.07. The van der Waals surface area contributed by atoms with Crippen molar-refractivity contribution in [3.8, 4) is 10.7 Å². The smallest absolute Gasteiger partial charge is 0.263 e. The van der Waals surface area contributed by atoms with Crippen LogP contribution < -0.4 is 10.2 Å². The molecule has 27 heavy (non-hydrogen) atoms. The lowest BCUT2D eigenvalue weighted by Gasteiger charge is -2.12. The summed E-state index contributed by atoms with van der Waals surface area (Å²) >= 11 is 1.39. The molecule has 140 valence electrons. The number of pyridine rings is 1. The first-order valence-electron chi connectivity index (χ1n) is 8.98. The van der Waals surface area contributed by atoms with Gasteiger partial charge in [0.2, 0.25) is 0 Å². The van der Waals surface area contributed by atoms with Crippen molar-refractivity contribution in [1.82, 2.24) is 15.3 Å². The molecule has 2 heterocycles. The summed E-state index contributed by atoms with van der Waals surface area (Å²) in [5.74, 6) is -0.0601. The summed E-state index contributed by atoms with van der Waals surface area (Å²) < 4.78 is 0. The van der Waals surface area contributed by atoms with Crippen LogP contribution in [0.4, 0.5) is 5.69 Å². The van der Waals surface area contributed by atoms with Crippen LogP contribution in [0.5, 0.6) is 0 Å². The topological polar surface area (TPSA) is 58.1 Å². The van der Waals surface area contributed by atoms with Gasteiger partial charge in [-0.2, -0.15) is 0 Å². The van der Waals surface area contributed by atoms with Gasteiger partial charge in [0.15, 0.2) is 0 Å². The van der Waals surface area contributed by atoms with Gasteiger partial charge in [-0.25, -0.2) is 4.98 Å². The Kier molecular flexibility index (Phi) is 6.19. The van der Waals surface area contributed by atoms with E-state index in [0.29, 0.717) is 11.4 Å². The van der Waals surface area contributed by atoms with Crippen molar-refractivity contribution in [2.24, 2.45) is 0 Å². The van der Waals surface area contributed by atoms with Crippen LogP contribution in [0, 0.1) is 6.92 Å². The second kappa shape index (κ2) is 8.77. The maximum absolute atomic E-state index is 12.5. The van der Waals surface area contributed by atoms with E-state index in [-0.39, 0.29) is 5.91 Å². The van der Waals surface area contributed by atoms with Crippen LogP contribution in [0.15, 0.2) is 48.7 Å². The number of hydrogen-bond donors (Lipinski definition) is 1. The molecule has 0 atom stereocenters. The Bertz CT molecular complexity index is 888. The van der Waals surface area contributed by atoms with Crippen LogP contribution in [-0.2, 0) is 6.42 Å². The molecule has 0 saturated heterocycles. The highest BCUT2D eigenvalue weighted by molar-refractivity contribution is 7.17. The highest BCUT2D eigenvalue weighted by Gasteiger charge is 2.16. The highest BCUT2D eigenvalue weighted by Crippen LogP contribution is 2.26. The number of rotatable bonds is 7. The third-order valence-corrected chi connectivity index (χ3v) is 5.45. The van der Waals surface area contributed by atoms with Gasteiger partial charge >= 0.3 is 0 Å². The molecule has 5 nitrogen and oxygen atoms in total. The minimum Gasteiger partial charge on any atom is -0.378 e. The molecule has 1 amide bonds. The molecule has 0 bridgehead atoms. The Morgan fingerprint density at radius 3 is 2.59 bits per heavy atom. The molecule has 1 N–H and O–H groups in total. The predicted octanol–water partition coefficient (Wildman–Crippen LogP) is 3.94. The molecule has 3 aromatic rings. The molecule has 0 aliphatic rings. The van der Waals surface area contributed by atoms with Crippen molar-refractivity contribution < 1.29 is 4.79 Å². The quantitative estimate of drug-likeness (QED) is 0.631. The number of aromatic nitrogens is 2. The normalized spacial score (nSPS) is 10.6. The van der Waals surface area contributed by atoms with E-state index in [1.165, 1.54) is 22.6 Å². The average Bonchev–Trinajstić information content (AvgIpc) is 3.08. The molecular formula is C21H24N4OS. The van der Waals surface area contributed by atoms with Crippen LogP contribution in [-0.4, -0.2) is 36.5 Å². The minimum atomic E-state index is -0.0601. The molecule has 0 saturated carbocycles. The summed E-state index contributed by atoms with van der Waals surface area (Å²) in [5.41, 5.74) is 4.01. The Labute approximate surface area is 164 Å². The van der Waals surface area contributed by atoms with Crippen LogP contribution in [0.3, 0.4) is 0 Å². The summed E-state index contributed by atoms with van der Waals surface area (Å²) in [5, 5.41) is 3.78. The second-order valence-electron chi connectivity index (χ2n) is 6.57. The van der Waals surface area contributed by atoms with Gasteiger partial charge in [-0.1, -0.05) is 18.2 Å². The summed E-state index contributed by atoms with van der Waals surface area (Å²) in [6, 6.07) is 14.2. The standard InChI is InChI=1S/C21H24N4OS/c1-15-19(27-21(24-15)18-8-4-5-13-22-18)20(26)23-14-6-7-16-9-11-17(12-10-16)25(2)3/h4-5,8-13H,6-7,14H2,1-3H3,(H,23,26). The van der Waals surface area contributed by atoms with Gasteiger partial charge in [-0.05, 0) is 49.6 Å². The van der Waals surface area contributed by atoms with Crippen LogP contribution in [0.1, 0.15) is 27.3 Å². The molecule has 0 aliphatic carbocycles. The first kappa shape index (κ1) is 19.0. The number of thiazole rings is 1. The Hall–Kier alpha value is -2.73.